The molecule has 0 heterocycles. The van der Waals surface area contributed by atoms with Gasteiger partial charge in [0.2, 0.25) is 0 Å². The summed E-state index contributed by atoms with van der Waals surface area (Å²) < 4.78 is 35.9. The van der Waals surface area contributed by atoms with Gasteiger partial charge >= 0.3 is 5.97 Å². The average molecular weight is 298 g/mol. The van der Waals surface area contributed by atoms with E-state index in [9.17, 15) is 18.3 Å². The van der Waals surface area contributed by atoms with Crippen molar-refractivity contribution >= 4 is 16.2 Å². The third kappa shape index (κ3) is 8.11. The summed E-state index contributed by atoms with van der Waals surface area (Å²) in [6.07, 6.45) is -0.480. The largest absolute Gasteiger partial charge is 0.469 e. The number of esters is 1. The third-order valence-corrected chi connectivity index (χ3v) is 3.96. The molecule has 19 heavy (non-hydrogen) atoms. The van der Waals surface area contributed by atoms with Crippen LogP contribution in [0.3, 0.4) is 0 Å². The summed E-state index contributed by atoms with van der Waals surface area (Å²) in [7, 11) is 0.402. The second-order valence-electron chi connectivity index (χ2n) is 3.94. The molecule has 0 aromatic rings. The van der Waals surface area contributed by atoms with Crippen molar-refractivity contribution in [3.63, 3.8) is 0 Å². The Balaban J connectivity index is 4.05. The SMILES string of the molecule is COCC(O)CCNS(=O)(=O)N(C)CCC(=O)OC. The minimum absolute atomic E-state index is 0.0137. The van der Waals surface area contributed by atoms with E-state index in [2.05, 4.69) is 9.46 Å². The van der Waals surface area contributed by atoms with Crippen LogP contribution in [-0.4, -0.2) is 70.9 Å². The summed E-state index contributed by atoms with van der Waals surface area (Å²) in [6, 6.07) is 0. The second kappa shape index (κ2) is 9.21. The minimum atomic E-state index is -3.65. The van der Waals surface area contributed by atoms with Crippen LogP contribution in [0.2, 0.25) is 0 Å². The molecule has 0 aromatic heterocycles. The van der Waals surface area contributed by atoms with E-state index in [4.69, 9.17) is 4.74 Å². The summed E-state index contributed by atoms with van der Waals surface area (Å²) in [4.78, 5) is 10.9. The summed E-state index contributed by atoms with van der Waals surface area (Å²) in [5.74, 6) is -0.474. The first kappa shape index (κ1) is 18.3. The number of rotatable bonds is 10. The van der Waals surface area contributed by atoms with Crippen molar-refractivity contribution in [1.82, 2.24) is 9.03 Å². The summed E-state index contributed by atoms with van der Waals surface area (Å²) >= 11 is 0. The maximum Gasteiger partial charge on any atom is 0.306 e. The lowest BCUT2D eigenvalue weighted by molar-refractivity contribution is -0.140. The number of carbonyl (C=O) groups excluding carboxylic acids is 1. The molecule has 0 aliphatic heterocycles. The number of carbonyl (C=O) groups is 1. The first-order valence-electron chi connectivity index (χ1n) is 5.78. The van der Waals surface area contributed by atoms with Gasteiger partial charge in [-0.15, -0.1) is 0 Å². The normalized spacial score (nSPS) is 13.5. The molecular weight excluding hydrogens is 276 g/mol. The number of hydrogen-bond donors (Lipinski definition) is 2. The van der Waals surface area contributed by atoms with Crippen LogP contribution in [0.5, 0.6) is 0 Å². The van der Waals surface area contributed by atoms with E-state index in [1.807, 2.05) is 0 Å². The van der Waals surface area contributed by atoms with E-state index in [0.717, 1.165) is 4.31 Å². The van der Waals surface area contributed by atoms with Gasteiger partial charge in [0.1, 0.15) is 0 Å². The Morgan fingerprint density at radius 2 is 2.05 bits per heavy atom. The number of hydrogen-bond acceptors (Lipinski definition) is 6. The number of aliphatic hydroxyl groups is 1. The van der Waals surface area contributed by atoms with Crippen LogP contribution in [0.1, 0.15) is 12.8 Å². The molecule has 1 unspecified atom stereocenters. The Bertz CT molecular complexity index is 359. The van der Waals surface area contributed by atoms with Gasteiger partial charge in [0.15, 0.2) is 0 Å². The summed E-state index contributed by atoms with van der Waals surface area (Å²) in [6.45, 7) is 0.276. The smallest absolute Gasteiger partial charge is 0.306 e. The molecule has 0 fully saturated rings. The van der Waals surface area contributed by atoms with Crippen molar-refractivity contribution in [3.8, 4) is 0 Å². The predicted octanol–water partition coefficient (Wildman–Crippen LogP) is -1.29. The molecule has 2 N–H and O–H groups in total. The zero-order chi connectivity index (χ0) is 14.9. The van der Waals surface area contributed by atoms with Gasteiger partial charge in [0.05, 0.1) is 26.2 Å². The highest BCUT2D eigenvalue weighted by molar-refractivity contribution is 7.87. The van der Waals surface area contributed by atoms with Gasteiger partial charge in [0, 0.05) is 27.2 Å². The van der Waals surface area contributed by atoms with Crippen LogP contribution in [0.15, 0.2) is 0 Å². The molecule has 8 nitrogen and oxygen atoms in total. The van der Waals surface area contributed by atoms with Crippen LogP contribution in [0.25, 0.3) is 0 Å². The van der Waals surface area contributed by atoms with Crippen LogP contribution >= 0.6 is 0 Å². The lowest BCUT2D eigenvalue weighted by atomic mass is 10.3. The highest BCUT2D eigenvalue weighted by Gasteiger charge is 2.18. The fraction of sp³-hybridized carbons (Fsp3) is 0.900. The van der Waals surface area contributed by atoms with E-state index in [1.165, 1.54) is 21.3 Å². The molecule has 0 saturated carbocycles. The molecule has 1 atom stereocenters. The Kier molecular flexibility index (Phi) is 8.85. The maximum atomic E-state index is 11.7. The van der Waals surface area contributed by atoms with Crippen LogP contribution in [0, 0.1) is 0 Å². The molecule has 0 aromatic carbocycles. The Morgan fingerprint density at radius 3 is 2.58 bits per heavy atom. The van der Waals surface area contributed by atoms with Crippen molar-refractivity contribution in [3.05, 3.63) is 0 Å². The highest BCUT2D eigenvalue weighted by Crippen LogP contribution is 1.98. The maximum absolute atomic E-state index is 11.7. The molecule has 0 radical (unpaired) electrons. The second-order valence-corrected chi connectivity index (χ2v) is 5.81. The molecule has 0 amide bonds. The molecule has 0 aliphatic carbocycles. The van der Waals surface area contributed by atoms with Crippen molar-refractivity contribution < 1.29 is 27.8 Å². The van der Waals surface area contributed by atoms with Gasteiger partial charge in [-0.2, -0.15) is 12.7 Å². The molecule has 0 bridgehead atoms. The van der Waals surface area contributed by atoms with E-state index in [1.54, 1.807) is 0 Å². The average Bonchev–Trinajstić information content (AvgIpc) is 2.35. The predicted molar refractivity (Wildman–Crippen MR) is 68.7 cm³/mol. The van der Waals surface area contributed by atoms with Crippen LogP contribution in [0.4, 0.5) is 0 Å². The number of ether oxygens (including phenoxy) is 2. The third-order valence-electron chi connectivity index (χ3n) is 2.39. The standard InChI is InChI=1S/C10H22N2O6S/c1-12(7-5-10(14)18-3)19(15,16)11-6-4-9(13)8-17-2/h9,11,13H,4-8H2,1-3H3. The van der Waals surface area contributed by atoms with Gasteiger partial charge < -0.3 is 14.6 Å². The summed E-state index contributed by atoms with van der Waals surface area (Å²) in [5.41, 5.74) is 0. The van der Waals surface area contributed by atoms with E-state index in [0.29, 0.717) is 0 Å². The molecule has 0 saturated heterocycles. The lowest BCUT2D eigenvalue weighted by Crippen LogP contribution is -2.40. The van der Waals surface area contributed by atoms with Crippen molar-refractivity contribution in [2.24, 2.45) is 0 Å². The fourth-order valence-corrected chi connectivity index (χ4v) is 2.14. The molecule has 9 heteroatoms. The topological polar surface area (TPSA) is 105 Å². The lowest BCUT2D eigenvalue weighted by Gasteiger charge is -2.17. The number of nitrogens with one attached hydrogen (secondary N) is 1. The minimum Gasteiger partial charge on any atom is -0.469 e. The Labute approximate surface area is 113 Å². The van der Waals surface area contributed by atoms with Gasteiger partial charge in [-0.1, -0.05) is 0 Å². The quantitative estimate of drug-likeness (QED) is 0.486. The van der Waals surface area contributed by atoms with Gasteiger partial charge in [0.25, 0.3) is 10.2 Å². The van der Waals surface area contributed by atoms with E-state index >= 15 is 0 Å². The first-order valence-corrected chi connectivity index (χ1v) is 7.22. The zero-order valence-electron chi connectivity index (χ0n) is 11.5. The molecule has 114 valence electrons. The molecular formula is C10H22N2O6S. The van der Waals surface area contributed by atoms with E-state index in [-0.39, 0.29) is 32.5 Å². The highest BCUT2D eigenvalue weighted by atomic mass is 32.2. The Morgan fingerprint density at radius 1 is 1.42 bits per heavy atom. The van der Waals surface area contributed by atoms with Crippen molar-refractivity contribution in [2.75, 3.05) is 41.0 Å². The number of aliphatic hydroxyl groups excluding tert-OH is 1. The fourth-order valence-electron chi connectivity index (χ4n) is 1.21. The van der Waals surface area contributed by atoms with Crippen molar-refractivity contribution in [2.45, 2.75) is 18.9 Å². The van der Waals surface area contributed by atoms with Gasteiger partial charge in [-0.25, -0.2) is 4.72 Å². The van der Waals surface area contributed by atoms with Crippen molar-refractivity contribution in [1.29, 1.82) is 0 Å². The van der Waals surface area contributed by atoms with Crippen LogP contribution < -0.4 is 4.72 Å². The molecule has 0 aliphatic rings. The first-order chi connectivity index (χ1) is 8.83. The zero-order valence-corrected chi connectivity index (χ0v) is 12.3. The molecule has 0 rings (SSSR count). The Hall–Kier alpha value is -0.740. The summed E-state index contributed by atoms with van der Waals surface area (Å²) in [5, 5.41) is 9.36. The molecule has 0 spiro atoms. The van der Waals surface area contributed by atoms with E-state index < -0.39 is 22.3 Å². The monoisotopic (exact) mass is 298 g/mol. The van der Waals surface area contributed by atoms with Gasteiger partial charge in [-0.05, 0) is 6.42 Å². The number of nitrogens with zero attached hydrogens (tertiary/aromatic N) is 1. The van der Waals surface area contributed by atoms with Crippen LogP contribution in [-0.2, 0) is 24.5 Å². The number of methoxy groups -OCH3 is 2. The van der Waals surface area contributed by atoms with Gasteiger partial charge in [-0.3, -0.25) is 4.79 Å².